The number of carbonyl (C=O) groups is 1. The van der Waals surface area contributed by atoms with Crippen LogP contribution in [0.2, 0.25) is 5.02 Å². The summed E-state index contributed by atoms with van der Waals surface area (Å²) in [7, 11) is 0. The van der Waals surface area contributed by atoms with Crippen LogP contribution in [0.25, 0.3) is 0 Å². The number of carbonyl (C=O) groups excluding carboxylic acids is 1. The molecular formula is C21H24ClFN3OS+. The Balaban J connectivity index is 1.36. The van der Waals surface area contributed by atoms with Crippen LogP contribution in [-0.4, -0.2) is 55.8 Å². The summed E-state index contributed by atoms with van der Waals surface area (Å²) in [6, 6.07) is 14.7. The van der Waals surface area contributed by atoms with Gasteiger partial charge in [0.15, 0.2) is 6.54 Å². The van der Waals surface area contributed by atoms with Gasteiger partial charge in [0.25, 0.3) is 5.91 Å². The van der Waals surface area contributed by atoms with Crippen LogP contribution in [0.15, 0.2) is 48.5 Å². The molecule has 2 aromatic carbocycles. The van der Waals surface area contributed by atoms with Gasteiger partial charge in [-0.1, -0.05) is 41.9 Å². The van der Waals surface area contributed by atoms with Gasteiger partial charge in [-0.25, -0.2) is 4.39 Å². The van der Waals surface area contributed by atoms with Gasteiger partial charge >= 0.3 is 0 Å². The molecule has 0 aliphatic carbocycles. The molecule has 2 fully saturated rings. The monoisotopic (exact) mass is 420 g/mol. The Hall–Kier alpha value is -1.76. The van der Waals surface area contributed by atoms with Gasteiger partial charge in [-0.3, -0.25) is 4.79 Å². The van der Waals surface area contributed by atoms with Crippen molar-refractivity contribution >= 4 is 35.0 Å². The van der Waals surface area contributed by atoms with Crippen molar-refractivity contribution in [3.8, 4) is 0 Å². The molecule has 1 amide bonds. The zero-order chi connectivity index (χ0) is 19.5. The number of para-hydroxylation sites is 1. The Morgan fingerprint density at radius 1 is 1.11 bits per heavy atom. The molecule has 0 spiro atoms. The van der Waals surface area contributed by atoms with Gasteiger partial charge in [0.2, 0.25) is 0 Å². The predicted molar refractivity (Wildman–Crippen MR) is 113 cm³/mol. The summed E-state index contributed by atoms with van der Waals surface area (Å²) in [6.45, 7) is 4.67. The number of rotatable bonds is 4. The van der Waals surface area contributed by atoms with Gasteiger partial charge in [0.1, 0.15) is 11.2 Å². The number of benzene rings is 2. The zero-order valence-corrected chi connectivity index (χ0v) is 17.2. The van der Waals surface area contributed by atoms with E-state index in [-0.39, 0.29) is 17.1 Å². The van der Waals surface area contributed by atoms with E-state index in [0.717, 1.165) is 42.6 Å². The number of nitrogens with one attached hydrogen (secondary N) is 1. The molecule has 2 aliphatic heterocycles. The predicted octanol–water partition coefficient (Wildman–Crippen LogP) is 2.46. The summed E-state index contributed by atoms with van der Waals surface area (Å²) in [4.78, 5) is 18.3. The van der Waals surface area contributed by atoms with Gasteiger partial charge in [-0.2, -0.15) is 0 Å². The first kappa shape index (κ1) is 19.6. The molecule has 2 aromatic rings. The number of hydrogen-bond donors (Lipinski definition) is 1. The Bertz CT molecular complexity index is 844. The number of amides is 1. The average Bonchev–Trinajstić information content (AvgIpc) is 3.19. The lowest BCUT2D eigenvalue weighted by Crippen LogP contribution is -3.15. The molecule has 7 heteroatoms. The van der Waals surface area contributed by atoms with Gasteiger partial charge in [-0.15, -0.1) is 11.8 Å². The molecule has 0 saturated carbocycles. The number of thioether (sulfide) groups is 1. The summed E-state index contributed by atoms with van der Waals surface area (Å²) in [6.07, 6.45) is 0. The molecule has 0 radical (unpaired) electrons. The lowest BCUT2D eigenvalue weighted by atomic mass is 10.2. The minimum Gasteiger partial charge on any atom is -0.359 e. The second kappa shape index (κ2) is 8.72. The number of halogens is 2. The third-order valence-electron chi connectivity index (χ3n) is 5.45. The molecule has 4 nitrogen and oxygen atoms in total. The van der Waals surface area contributed by atoms with Gasteiger partial charge in [0, 0.05) is 17.9 Å². The molecule has 4 rings (SSSR count). The molecule has 28 heavy (non-hydrogen) atoms. The fourth-order valence-corrected chi connectivity index (χ4v) is 5.48. The Kier molecular flexibility index (Phi) is 6.09. The van der Waals surface area contributed by atoms with Crippen LogP contribution < -0.4 is 9.80 Å². The quantitative estimate of drug-likeness (QED) is 0.823. The molecule has 0 aromatic heterocycles. The van der Waals surface area contributed by atoms with E-state index in [2.05, 4.69) is 4.90 Å². The third-order valence-corrected chi connectivity index (χ3v) is 7.01. The van der Waals surface area contributed by atoms with E-state index in [1.165, 1.54) is 11.0 Å². The van der Waals surface area contributed by atoms with Crippen molar-refractivity contribution in [2.45, 2.75) is 5.37 Å². The maximum Gasteiger partial charge on any atom is 0.278 e. The van der Waals surface area contributed by atoms with Gasteiger partial charge in [0.05, 0.1) is 36.9 Å². The highest BCUT2D eigenvalue weighted by atomic mass is 35.5. The highest BCUT2D eigenvalue weighted by Gasteiger charge is 2.34. The van der Waals surface area contributed by atoms with E-state index in [1.807, 2.05) is 35.2 Å². The molecule has 2 heterocycles. The van der Waals surface area contributed by atoms with Crippen molar-refractivity contribution in [1.29, 1.82) is 0 Å². The van der Waals surface area contributed by atoms with Crippen molar-refractivity contribution < 1.29 is 14.1 Å². The molecule has 1 N–H and O–H groups in total. The van der Waals surface area contributed by atoms with Crippen LogP contribution in [0.4, 0.5) is 10.1 Å². The van der Waals surface area contributed by atoms with E-state index < -0.39 is 0 Å². The maximum atomic E-state index is 14.2. The normalized spacial score (nSPS) is 20.6. The number of quaternary nitrogens is 1. The largest absolute Gasteiger partial charge is 0.359 e. The SMILES string of the molecule is O=C(C[NH+]1CCN(c2ccccc2Cl)CC1)N1CCS[C@@H]1c1ccccc1F. The van der Waals surface area contributed by atoms with Crippen molar-refractivity contribution in [2.75, 3.05) is 49.9 Å². The summed E-state index contributed by atoms with van der Waals surface area (Å²) in [5.74, 6) is 0.722. The standard InChI is InChI=1S/C21H23ClFN3OS/c22-17-6-2-4-8-19(17)25-11-9-24(10-12-25)15-20(27)26-13-14-28-21(26)16-5-1-3-7-18(16)23/h1-8,21H,9-15H2/p+1/t21-/m1/s1. The molecular weight excluding hydrogens is 397 g/mol. The van der Waals surface area contributed by atoms with E-state index in [9.17, 15) is 9.18 Å². The molecule has 148 valence electrons. The van der Waals surface area contributed by atoms with Crippen LogP contribution in [0.5, 0.6) is 0 Å². The minimum absolute atomic E-state index is 0.111. The van der Waals surface area contributed by atoms with Crippen molar-refractivity contribution in [2.24, 2.45) is 0 Å². The van der Waals surface area contributed by atoms with Gasteiger partial charge in [-0.05, 0) is 18.2 Å². The fourth-order valence-electron chi connectivity index (χ4n) is 3.92. The van der Waals surface area contributed by atoms with Crippen LogP contribution >= 0.6 is 23.4 Å². The van der Waals surface area contributed by atoms with Crippen molar-refractivity contribution in [1.82, 2.24) is 4.90 Å². The second-order valence-corrected chi connectivity index (χ2v) is 8.79. The van der Waals surface area contributed by atoms with Crippen LogP contribution in [-0.2, 0) is 4.79 Å². The highest BCUT2D eigenvalue weighted by Crippen LogP contribution is 2.38. The summed E-state index contributed by atoms with van der Waals surface area (Å²) >= 11 is 7.95. The van der Waals surface area contributed by atoms with Crippen molar-refractivity contribution in [3.63, 3.8) is 0 Å². The van der Waals surface area contributed by atoms with Crippen LogP contribution in [0.1, 0.15) is 10.9 Å². The van der Waals surface area contributed by atoms with E-state index in [4.69, 9.17) is 11.6 Å². The first-order chi connectivity index (χ1) is 13.6. The molecule has 0 bridgehead atoms. The highest BCUT2D eigenvalue weighted by molar-refractivity contribution is 7.99. The second-order valence-electron chi connectivity index (χ2n) is 7.20. The topological polar surface area (TPSA) is 28.0 Å². The Morgan fingerprint density at radius 2 is 1.82 bits per heavy atom. The lowest BCUT2D eigenvalue weighted by molar-refractivity contribution is -0.892. The fraction of sp³-hybridized carbons (Fsp3) is 0.381. The molecule has 0 unspecified atom stereocenters. The maximum absolute atomic E-state index is 14.2. The third kappa shape index (κ3) is 4.14. The Morgan fingerprint density at radius 3 is 2.57 bits per heavy atom. The van der Waals surface area contributed by atoms with Crippen LogP contribution in [0, 0.1) is 5.82 Å². The zero-order valence-electron chi connectivity index (χ0n) is 15.6. The Labute approximate surface area is 174 Å². The summed E-state index contributed by atoms with van der Waals surface area (Å²) in [5, 5.41) is 0.557. The molecule has 1 atom stereocenters. The number of hydrogen-bond acceptors (Lipinski definition) is 3. The van der Waals surface area contributed by atoms with Crippen molar-refractivity contribution in [3.05, 3.63) is 64.9 Å². The average molecular weight is 421 g/mol. The summed E-state index contributed by atoms with van der Waals surface area (Å²) in [5.41, 5.74) is 1.67. The van der Waals surface area contributed by atoms with Crippen LogP contribution in [0.3, 0.4) is 0 Å². The molecule has 2 aliphatic rings. The summed E-state index contributed by atoms with van der Waals surface area (Å²) < 4.78 is 14.2. The molecule has 2 saturated heterocycles. The van der Waals surface area contributed by atoms with E-state index in [0.29, 0.717) is 18.7 Å². The first-order valence-corrected chi connectivity index (χ1v) is 11.0. The van der Waals surface area contributed by atoms with E-state index >= 15 is 0 Å². The number of piperazine rings is 1. The van der Waals surface area contributed by atoms with Gasteiger partial charge < -0.3 is 14.7 Å². The number of nitrogens with zero attached hydrogens (tertiary/aromatic N) is 2. The van der Waals surface area contributed by atoms with E-state index in [1.54, 1.807) is 23.9 Å². The first-order valence-electron chi connectivity index (χ1n) is 9.62. The lowest BCUT2D eigenvalue weighted by Gasteiger charge is -2.34. The smallest absolute Gasteiger partial charge is 0.278 e. The number of anilines is 1. The minimum atomic E-state index is -0.236.